The summed E-state index contributed by atoms with van der Waals surface area (Å²) in [5.41, 5.74) is 4.88. The van der Waals surface area contributed by atoms with Crippen LogP contribution in [0.4, 0.5) is 5.13 Å². The Morgan fingerprint density at radius 3 is 2.88 bits per heavy atom. The van der Waals surface area contributed by atoms with Crippen molar-refractivity contribution in [1.82, 2.24) is 4.98 Å². The monoisotopic (exact) mass is 246 g/mol. The first-order chi connectivity index (χ1) is 8.20. The molecule has 0 atom stereocenters. The Morgan fingerprint density at radius 2 is 2.12 bits per heavy atom. The van der Waals surface area contributed by atoms with Crippen LogP contribution in [0.3, 0.4) is 0 Å². The molecule has 2 nitrogen and oxygen atoms in total. The van der Waals surface area contributed by atoms with Crippen LogP contribution < -0.4 is 5.32 Å². The highest BCUT2D eigenvalue weighted by atomic mass is 32.1. The fourth-order valence-electron chi connectivity index (χ4n) is 1.72. The topological polar surface area (TPSA) is 24.9 Å². The maximum absolute atomic E-state index is 4.63. The summed E-state index contributed by atoms with van der Waals surface area (Å²) in [4.78, 5) is 4.63. The Labute approximate surface area is 107 Å². The molecule has 0 spiro atoms. The summed E-state index contributed by atoms with van der Waals surface area (Å²) in [6.45, 7) is 7.39. The van der Waals surface area contributed by atoms with Gasteiger partial charge < -0.3 is 5.32 Å². The molecule has 0 aliphatic rings. The van der Waals surface area contributed by atoms with Crippen LogP contribution in [0.25, 0.3) is 11.3 Å². The second kappa shape index (κ2) is 5.32. The predicted molar refractivity (Wildman–Crippen MR) is 75.8 cm³/mol. The lowest BCUT2D eigenvalue weighted by atomic mass is 10.0. The van der Waals surface area contributed by atoms with Gasteiger partial charge in [-0.25, -0.2) is 4.98 Å². The molecule has 0 aliphatic heterocycles. The number of hydrogen-bond donors (Lipinski definition) is 1. The standard InChI is InChI=1S/C14H18N2S/c1-4-7-15-14-16-13(9-17-14)12-8-10(2)5-6-11(12)3/h5-6,8-9H,4,7H2,1-3H3,(H,15,16). The molecular weight excluding hydrogens is 228 g/mol. The van der Waals surface area contributed by atoms with Crippen LogP contribution in [0.1, 0.15) is 24.5 Å². The van der Waals surface area contributed by atoms with E-state index in [2.05, 4.69) is 54.7 Å². The summed E-state index contributed by atoms with van der Waals surface area (Å²) in [7, 11) is 0. The molecule has 0 aliphatic carbocycles. The number of benzene rings is 1. The fourth-order valence-corrected chi connectivity index (χ4v) is 2.46. The first-order valence-corrected chi connectivity index (χ1v) is 6.85. The first-order valence-electron chi connectivity index (χ1n) is 5.97. The minimum absolute atomic E-state index is 0.986. The Balaban J connectivity index is 2.27. The van der Waals surface area contributed by atoms with Gasteiger partial charge in [0.25, 0.3) is 0 Å². The number of thiazole rings is 1. The van der Waals surface area contributed by atoms with Gasteiger partial charge in [-0.3, -0.25) is 0 Å². The predicted octanol–water partition coefficient (Wildman–Crippen LogP) is 4.25. The lowest BCUT2D eigenvalue weighted by Crippen LogP contribution is -1.98. The van der Waals surface area contributed by atoms with Crippen molar-refractivity contribution in [3.05, 3.63) is 34.7 Å². The maximum Gasteiger partial charge on any atom is 0.183 e. The smallest absolute Gasteiger partial charge is 0.183 e. The first kappa shape index (κ1) is 12.1. The molecule has 0 saturated carbocycles. The van der Waals surface area contributed by atoms with E-state index in [1.54, 1.807) is 11.3 Å². The summed E-state index contributed by atoms with van der Waals surface area (Å²) in [6.07, 6.45) is 1.12. The molecule has 1 N–H and O–H groups in total. The number of nitrogens with zero attached hydrogens (tertiary/aromatic N) is 1. The number of nitrogens with one attached hydrogen (secondary N) is 1. The van der Waals surface area contributed by atoms with Crippen LogP contribution >= 0.6 is 11.3 Å². The van der Waals surface area contributed by atoms with Crippen LogP contribution in [-0.2, 0) is 0 Å². The molecule has 0 radical (unpaired) electrons. The number of anilines is 1. The molecule has 1 heterocycles. The molecule has 0 fully saturated rings. The van der Waals surface area contributed by atoms with Gasteiger partial charge in [-0.15, -0.1) is 11.3 Å². The Morgan fingerprint density at radius 1 is 1.29 bits per heavy atom. The van der Waals surface area contributed by atoms with E-state index in [0.717, 1.165) is 23.8 Å². The van der Waals surface area contributed by atoms with Crippen LogP contribution in [0.15, 0.2) is 23.6 Å². The van der Waals surface area contributed by atoms with E-state index >= 15 is 0 Å². The van der Waals surface area contributed by atoms with Crippen molar-refractivity contribution in [2.75, 3.05) is 11.9 Å². The van der Waals surface area contributed by atoms with Gasteiger partial charge in [-0.05, 0) is 31.9 Å². The van der Waals surface area contributed by atoms with Crippen LogP contribution in [0.5, 0.6) is 0 Å². The fraction of sp³-hybridized carbons (Fsp3) is 0.357. The van der Waals surface area contributed by atoms with E-state index in [1.165, 1.54) is 16.7 Å². The van der Waals surface area contributed by atoms with Crippen molar-refractivity contribution < 1.29 is 0 Å². The molecule has 0 saturated heterocycles. The highest BCUT2D eigenvalue weighted by Crippen LogP contribution is 2.28. The molecule has 0 unspecified atom stereocenters. The second-order valence-electron chi connectivity index (χ2n) is 4.28. The third-order valence-electron chi connectivity index (χ3n) is 2.70. The minimum Gasteiger partial charge on any atom is -0.362 e. The van der Waals surface area contributed by atoms with Gasteiger partial charge in [-0.1, -0.05) is 24.6 Å². The quantitative estimate of drug-likeness (QED) is 0.872. The van der Waals surface area contributed by atoms with Crippen LogP contribution in [0.2, 0.25) is 0 Å². The lowest BCUT2D eigenvalue weighted by molar-refractivity contribution is 0.976. The van der Waals surface area contributed by atoms with Crippen molar-refractivity contribution in [3.63, 3.8) is 0 Å². The van der Waals surface area contributed by atoms with Gasteiger partial charge in [0.2, 0.25) is 0 Å². The van der Waals surface area contributed by atoms with Gasteiger partial charge in [0.1, 0.15) is 0 Å². The third kappa shape index (κ3) is 2.86. The van der Waals surface area contributed by atoms with E-state index < -0.39 is 0 Å². The number of aromatic nitrogens is 1. The van der Waals surface area contributed by atoms with Gasteiger partial charge >= 0.3 is 0 Å². The van der Waals surface area contributed by atoms with E-state index in [1.807, 2.05) is 0 Å². The van der Waals surface area contributed by atoms with E-state index in [4.69, 9.17) is 0 Å². The third-order valence-corrected chi connectivity index (χ3v) is 3.50. The second-order valence-corrected chi connectivity index (χ2v) is 5.14. The normalized spacial score (nSPS) is 10.5. The summed E-state index contributed by atoms with van der Waals surface area (Å²) in [6, 6.07) is 6.50. The highest BCUT2D eigenvalue weighted by molar-refractivity contribution is 7.14. The van der Waals surface area contributed by atoms with Gasteiger partial charge in [0.15, 0.2) is 5.13 Å². The Kier molecular flexibility index (Phi) is 3.79. The average molecular weight is 246 g/mol. The molecule has 0 bridgehead atoms. The molecule has 3 heteroatoms. The molecule has 1 aromatic carbocycles. The SMILES string of the molecule is CCCNc1nc(-c2cc(C)ccc2C)cs1. The number of rotatable bonds is 4. The molecule has 0 amide bonds. The van der Waals surface area contributed by atoms with E-state index in [0.29, 0.717) is 0 Å². The summed E-state index contributed by atoms with van der Waals surface area (Å²) < 4.78 is 0. The van der Waals surface area contributed by atoms with Gasteiger partial charge in [0, 0.05) is 17.5 Å². The molecule has 2 rings (SSSR count). The minimum atomic E-state index is 0.986. The van der Waals surface area contributed by atoms with Crippen LogP contribution in [-0.4, -0.2) is 11.5 Å². The largest absolute Gasteiger partial charge is 0.362 e. The molecule has 2 aromatic rings. The molecular formula is C14H18N2S. The van der Waals surface area contributed by atoms with Gasteiger partial charge in [-0.2, -0.15) is 0 Å². The molecule has 17 heavy (non-hydrogen) atoms. The summed E-state index contributed by atoms with van der Waals surface area (Å²) >= 11 is 1.68. The average Bonchev–Trinajstić information content (AvgIpc) is 2.78. The van der Waals surface area contributed by atoms with Crippen molar-refractivity contribution in [3.8, 4) is 11.3 Å². The van der Waals surface area contributed by atoms with E-state index in [9.17, 15) is 0 Å². The maximum atomic E-state index is 4.63. The lowest BCUT2D eigenvalue weighted by Gasteiger charge is -2.04. The highest BCUT2D eigenvalue weighted by Gasteiger charge is 2.06. The summed E-state index contributed by atoms with van der Waals surface area (Å²) in [5, 5.41) is 6.47. The Hall–Kier alpha value is -1.35. The zero-order valence-electron chi connectivity index (χ0n) is 10.6. The number of hydrogen-bond acceptors (Lipinski definition) is 3. The zero-order valence-corrected chi connectivity index (χ0v) is 11.4. The van der Waals surface area contributed by atoms with Crippen molar-refractivity contribution in [1.29, 1.82) is 0 Å². The van der Waals surface area contributed by atoms with E-state index in [-0.39, 0.29) is 0 Å². The van der Waals surface area contributed by atoms with Gasteiger partial charge in [0.05, 0.1) is 5.69 Å². The zero-order chi connectivity index (χ0) is 12.3. The van der Waals surface area contributed by atoms with Crippen molar-refractivity contribution >= 4 is 16.5 Å². The summed E-state index contributed by atoms with van der Waals surface area (Å²) in [5.74, 6) is 0. The molecule has 1 aromatic heterocycles. The van der Waals surface area contributed by atoms with Crippen molar-refractivity contribution in [2.45, 2.75) is 27.2 Å². The number of aryl methyl sites for hydroxylation is 2. The Bertz CT molecular complexity index is 503. The molecule has 90 valence electrons. The van der Waals surface area contributed by atoms with Crippen molar-refractivity contribution in [2.24, 2.45) is 0 Å². The van der Waals surface area contributed by atoms with Crippen LogP contribution in [0, 0.1) is 13.8 Å².